The maximum Gasteiger partial charge on any atom is 0.495 e. The molecule has 0 saturated heterocycles. The van der Waals surface area contributed by atoms with Gasteiger partial charge in [0.15, 0.2) is 0 Å². The molecule has 142 valence electrons. The SMILES string of the molecule is CC(COCc1ccccc1)Oc1cccc2c1B(O)OC2CNC(=O)O. The van der Waals surface area contributed by atoms with E-state index >= 15 is 0 Å². The standard InChI is InChI=1S/C19H22BNO6/c1-13(11-25-12-14-6-3-2-4-7-14)26-16-9-5-8-15-17(10-21-19(22)23)27-20(24)18(15)16/h2-9,13,17,21,24H,10-12H2,1H3,(H,22,23). The van der Waals surface area contributed by atoms with E-state index in [2.05, 4.69) is 5.32 Å². The van der Waals surface area contributed by atoms with Crippen LogP contribution in [0.1, 0.15) is 24.2 Å². The Bertz CT molecular complexity index is 772. The number of nitrogens with one attached hydrogen (secondary N) is 1. The van der Waals surface area contributed by atoms with Crippen LogP contribution in [0.3, 0.4) is 0 Å². The lowest BCUT2D eigenvalue weighted by molar-refractivity contribution is 0.0497. The minimum atomic E-state index is -1.16. The fourth-order valence-corrected chi connectivity index (χ4v) is 3.01. The molecule has 1 amide bonds. The largest absolute Gasteiger partial charge is 0.495 e. The molecular weight excluding hydrogens is 349 g/mol. The highest BCUT2D eigenvalue weighted by Gasteiger charge is 2.38. The number of amides is 1. The Kier molecular flexibility index (Phi) is 6.34. The topological polar surface area (TPSA) is 97.3 Å². The Labute approximate surface area is 158 Å². The predicted octanol–water partition coefficient (Wildman–Crippen LogP) is 1.70. The third-order valence-electron chi connectivity index (χ3n) is 4.22. The quantitative estimate of drug-likeness (QED) is 0.611. The Morgan fingerprint density at radius 2 is 2.04 bits per heavy atom. The molecule has 0 fully saturated rings. The van der Waals surface area contributed by atoms with Crippen LogP contribution in [0.15, 0.2) is 48.5 Å². The molecule has 0 bridgehead atoms. The summed E-state index contributed by atoms with van der Waals surface area (Å²) in [5.74, 6) is 0.508. The Balaban J connectivity index is 1.59. The van der Waals surface area contributed by atoms with Crippen LogP contribution in [0.2, 0.25) is 0 Å². The van der Waals surface area contributed by atoms with Crippen molar-refractivity contribution in [2.45, 2.75) is 25.7 Å². The van der Waals surface area contributed by atoms with Gasteiger partial charge in [-0.2, -0.15) is 0 Å². The zero-order valence-electron chi connectivity index (χ0n) is 15.0. The number of hydrogen-bond acceptors (Lipinski definition) is 5. The summed E-state index contributed by atoms with van der Waals surface area (Å²) >= 11 is 0. The van der Waals surface area contributed by atoms with E-state index in [4.69, 9.17) is 19.2 Å². The first-order valence-electron chi connectivity index (χ1n) is 8.76. The first-order valence-corrected chi connectivity index (χ1v) is 8.76. The molecule has 2 unspecified atom stereocenters. The maximum atomic E-state index is 10.7. The van der Waals surface area contributed by atoms with E-state index in [0.29, 0.717) is 30.0 Å². The minimum absolute atomic E-state index is 0.0542. The van der Waals surface area contributed by atoms with Gasteiger partial charge in [-0.15, -0.1) is 0 Å². The lowest BCUT2D eigenvalue weighted by Crippen LogP contribution is -2.32. The van der Waals surface area contributed by atoms with Gasteiger partial charge in [-0.25, -0.2) is 4.79 Å². The van der Waals surface area contributed by atoms with Gasteiger partial charge in [0.05, 0.1) is 19.3 Å². The number of carbonyl (C=O) groups is 1. The van der Waals surface area contributed by atoms with Crippen molar-refractivity contribution < 1.29 is 29.1 Å². The van der Waals surface area contributed by atoms with Crippen LogP contribution in [-0.4, -0.2) is 42.6 Å². The second-order valence-electron chi connectivity index (χ2n) is 6.35. The van der Waals surface area contributed by atoms with Gasteiger partial charge in [-0.05, 0) is 24.1 Å². The van der Waals surface area contributed by atoms with Crippen molar-refractivity contribution in [3.8, 4) is 5.75 Å². The molecule has 0 saturated carbocycles. The molecule has 0 radical (unpaired) electrons. The molecule has 1 heterocycles. The number of fused-ring (bicyclic) bond motifs is 1. The van der Waals surface area contributed by atoms with E-state index in [1.807, 2.05) is 37.3 Å². The molecule has 2 atom stereocenters. The van der Waals surface area contributed by atoms with Crippen LogP contribution in [0.25, 0.3) is 0 Å². The summed E-state index contributed by atoms with van der Waals surface area (Å²) in [6.45, 7) is 2.82. The second kappa shape index (κ2) is 8.90. The van der Waals surface area contributed by atoms with Crippen LogP contribution >= 0.6 is 0 Å². The van der Waals surface area contributed by atoms with Crippen molar-refractivity contribution in [1.82, 2.24) is 5.32 Å². The Hall–Kier alpha value is -2.55. The van der Waals surface area contributed by atoms with Crippen molar-refractivity contribution in [1.29, 1.82) is 0 Å². The molecule has 3 rings (SSSR count). The van der Waals surface area contributed by atoms with Gasteiger partial charge in [-0.1, -0.05) is 42.5 Å². The van der Waals surface area contributed by atoms with Gasteiger partial charge in [0.25, 0.3) is 0 Å². The molecule has 1 aliphatic rings. The summed E-state index contributed by atoms with van der Waals surface area (Å²) in [5.41, 5.74) is 2.33. The highest BCUT2D eigenvalue weighted by atomic mass is 16.5. The molecule has 0 spiro atoms. The summed E-state index contributed by atoms with van der Waals surface area (Å²) in [6, 6.07) is 15.2. The molecule has 0 aliphatic carbocycles. The highest BCUT2D eigenvalue weighted by Crippen LogP contribution is 2.27. The van der Waals surface area contributed by atoms with Crippen LogP contribution in [0, 0.1) is 0 Å². The predicted molar refractivity (Wildman–Crippen MR) is 100 cm³/mol. The number of hydrogen-bond donors (Lipinski definition) is 3. The molecule has 7 nitrogen and oxygen atoms in total. The zero-order chi connectivity index (χ0) is 19.2. The van der Waals surface area contributed by atoms with Crippen molar-refractivity contribution in [2.24, 2.45) is 0 Å². The molecule has 0 aromatic heterocycles. The first-order chi connectivity index (χ1) is 13.0. The maximum absolute atomic E-state index is 10.7. The smallest absolute Gasteiger partial charge is 0.489 e. The molecule has 8 heteroatoms. The van der Waals surface area contributed by atoms with Crippen molar-refractivity contribution in [3.05, 3.63) is 59.7 Å². The zero-order valence-corrected chi connectivity index (χ0v) is 15.0. The van der Waals surface area contributed by atoms with Gasteiger partial charge in [0, 0.05) is 12.0 Å². The van der Waals surface area contributed by atoms with Gasteiger partial charge in [-0.3, -0.25) is 0 Å². The Morgan fingerprint density at radius 1 is 1.26 bits per heavy atom. The summed E-state index contributed by atoms with van der Waals surface area (Å²) < 4.78 is 17.1. The third kappa shape index (κ3) is 5.00. The molecule has 2 aromatic carbocycles. The number of rotatable bonds is 8. The van der Waals surface area contributed by atoms with E-state index in [0.717, 1.165) is 5.56 Å². The monoisotopic (exact) mass is 371 g/mol. The molecule has 1 aliphatic heterocycles. The number of carboxylic acid groups (broad SMARTS) is 1. The fraction of sp³-hybridized carbons (Fsp3) is 0.316. The summed E-state index contributed by atoms with van der Waals surface area (Å²) in [7, 11) is -1.16. The summed E-state index contributed by atoms with van der Waals surface area (Å²) in [4.78, 5) is 10.7. The lowest BCUT2D eigenvalue weighted by atomic mass is 9.78. The normalized spacial score (nSPS) is 16.7. The molecule has 3 N–H and O–H groups in total. The van der Waals surface area contributed by atoms with Gasteiger partial charge >= 0.3 is 13.2 Å². The van der Waals surface area contributed by atoms with Crippen LogP contribution < -0.4 is 15.5 Å². The van der Waals surface area contributed by atoms with Gasteiger partial charge in [0.2, 0.25) is 0 Å². The third-order valence-corrected chi connectivity index (χ3v) is 4.22. The summed E-state index contributed by atoms with van der Waals surface area (Å²) in [6.07, 6.45) is -1.93. The van der Waals surface area contributed by atoms with Gasteiger partial charge < -0.3 is 29.6 Å². The van der Waals surface area contributed by atoms with Gasteiger partial charge in [0.1, 0.15) is 11.9 Å². The molecular formula is C19H22BNO6. The minimum Gasteiger partial charge on any atom is -0.489 e. The van der Waals surface area contributed by atoms with Crippen LogP contribution in [0.5, 0.6) is 5.75 Å². The second-order valence-corrected chi connectivity index (χ2v) is 6.35. The van der Waals surface area contributed by atoms with Crippen LogP contribution in [-0.2, 0) is 16.0 Å². The average Bonchev–Trinajstić information content (AvgIpc) is 2.98. The fourth-order valence-electron chi connectivity index (χ4n) is 3.01. The lowest BCUT2D eigenvalue weighted by Gasteiger charge is -2.18. The highest BCUT2D eigenvalue weighted by molar-refractivity contribution is 6.62. The van der Waals surface area contributed by atoms with E-state index < -0.39 is 19.3 Å². The average molecular weight is 371 g/mol. The van der Waals surface area contributed by atoms with Crippen molar-refractivity contribution >= 4 is 18.7 Å². The van der Waals surface area contributed by atoms with E-state index in [9.17, 15) is 9.82 Å². The number of benzene rings is 2. The van der Waals surface area contributed by atoms with E-state index in [1.54, 1.807) is 18.2 Å². The van der Waals surface area contributed by atoms with Crippen molar-refractivity contribution in [2.75, 3.05) is 13.2 Å². The molecule has 2 aromatic rings. The first kappa shape index (κ1) is 19.2. The Morgan fingerprint density at radius 3 is 2.78 bits per heavy atom. The number of ether oxygens (including phenoxy) is 2. The van der Waals surface area contributed by atoms with Crippen molar-refractivity contribution in [3.63, 3.8) is 0 Å². The molecule has 27 heavy (non-hydrogen) atoms. The van der Waals surface area contributed by atoms with E-state index in [1.165, 1.54) is 0 Å². The van der Waals surface area contributed by atoms with Crippen LogP contribution in [0.4, 0.5) is 4.79 Å². The summed E-state index contributed by atoms with van der Waals surface area (Å²) in [5, 5.41) is 21.3. The van der Waals surface area contributed by atoms with E-state index in [-0.39, 0.29) is 12.6 Å².